The number of thiol groups is 2. The lowest BCUT2D eigenvalue weighted by atomic mass is 9.72. The van der Waals surface area contributed by atoms with Crippen molar-refractivity contribution >= 4 is 25.3 Å². The van der Waals surface area contributed by atoms with Crippen LogP contribution < -0.4 is 10.6 Å². The molecule has 0 spiro atoms. The highest BCUT2D eigenvalue weighted by Gasteiger charge is 2.40. The van der Waals surface area contributed by atoms with Crippen LogP contribution in [0.5, 0.6) is 0 Å². The average molecular weight is 934 g/mol. The monoisotopic (exact) mass is 933 g/mol. The quantitative estimate of drug-likeness (QED) is 0.145. The third kappa shape index (κ3) is 24.0. The fourth-order valence-corrected chi connectivity index (χ4v) is 11.5. The predicted octanol–water partition coefficient (Wildman–Crippen LogP) is 13.6. The molecule has 0 bridgehead atoms. The molecule has 4 saturated carbocycles. The van der Waals surface area contributed by atoms with E-state index in [1.54, 1.807) is 7.11 Å². The van der Waals surface area contributed by atoms with Gasteiger partial charge in [-0.1, -0.05) is 102 Å². The van der Waals surface area contributed by atoms with Gasteiger partial charge in [-0.15, -0.1) is 0 Å². The SMILES string of the molecule is CNC(C)(C)C1CCC(C)CC1OC.CNC(C)(C)C1CCC(C)CC1OC.COC(C)CC(C)(C)C.COC1CC(C)CCC1C(C)(C)S.COC1CC(C)CCC1C(C)(C)S. The second-order valence-corrected chi connectivity index (χ2v) is 26.6. The summed E-state index contributed by atoms with van der Waals surface area (Å²) >= 11 is 9.32. The first-order valence-corrected chi connectivity index (χ1v) is 26.2. The van der Waals surface area contributed by atoms with Crippen LogP contribution in [0, 0.1) is 52.8 Å². The van der Waals surface area contributed by atoms with Crippen LogP contribution in [0.1, 0.15) is 194 Å². The van der Waals surface area contributed by atoms with Gasteiger partial charge in [0.05, 0.1) is 30.5 Å². The molecular formula is C54H112N2O5S2. The number of hydrogen-bond donors (Lipinski definition) is 4. The van der Waals surface area contributed by atoms with Crippen molar-refractivity contribution in [2.45, 2.75) is 245 Å². The van der Waals surface area contributed by atoms with E-state index in [1.165, 1.54) is 77.0 Å². The minimum absolute atomic E-state index is 0.0980. The Bertz CT molecular complexity index is 1090. The first-order valence-electron chi connectivity index (χ1n) is 25.3. The summed E-state index contributed by atoms with van der Waals surface area (Å²) in [6.07, 6.45) is 18.5. The molecule has 0 radical (unpaired) electrons. The number of nitrogens with one attached hydrogen (secondary N) is 2. The van der Waals surface area contributed by atoms with Gasteiger partial charge in [-0.25, -0.2) is 0 Å². The molecule has 0 aromatic heterocycles. The predicted molar refractivity (Wildman–Crippen MR) is 282 cm³/mol. The molecule has 0 amide bonds. The average Bonchev–Trinajstić information content (AvgIpc) is 3.19. The Kier molecular flexibility index (Phi) is 29.6. The molecule has 4 rings (SSSR count). The van der Waals surface area contributed by atoms with Crippen molar-refractivity contribution in [3.8, 4) is 0 Å². The molecule has 0 aromatic rings. The van der Waals surface area contributed by atoms with E-state index in [2.05, 4.69) is 147 Å². The zero-order valence-corrected chi connectivity index (χ0v) is 47.9. The molecule has 4 aliphatic carbocycles. The van der Waals surface area contributed by atoms with Gasteiger partial charge in [-0.2, -0.15) is 25.3 Å². The van der Waals surface area contributed by atoms with E-state index < -0.39 is 0 Å². The summed E-state index contributed by atoms with van der Waals surface area (Å²) in [5.74, 6) is 5.79. The molecule has 4 fully saturated rings. The van der Waals surface area contributed by atoms with E-state index in [4.69, 9.17) is 23.7 Å². The van der Waals surface area contributed by atoms with Crippen LogP contribution in [0.4, 0.5) is 0 Å². The van der Waals surface area contributed by atoms with Gasteiger partial charge in [0.2, 0.25) is 0 Å². The molecule has 4 aliphatic rings. The Hall–Kier alpha value is 0.420. The van der Waals surface area contributed by atoms with Crippen LogP contribution >= 0.6 is 25.3 Å². The van der Waals surface area contributed by atoms with E-state index in [0.29, 0.717) is 59.6 Å². The topological polar surface area (TPSA) is 70.2 Å². The van der Waals surface area contributed by atoms with E-state index in [0.717, 1.165) is 30.1 Å². The highest BCUT2D eigenvalue weighted by Crippen LogP contribution is 2.42. The van der Waals surface area contributed by atoms with Crippen molar-refractivity contribution in [2.75, 3.05) is 49.6 Å². The minimum atomic E-state index is 0.0980. The summed E-state index contributed by atoms with van der Waals surface area (Å²) < 4.78 is 27.7. The zero-order chi connectivity index (χ0) is 49.1. The summed E-state index contributed by atoms with van der Waals surface area (Å²) in [5.41, 5.74) is 0.789. The molecular weight excluding hydrogens is 821 g/mol. The van der Waals surface area contributed by atoms with E-state index in [9.17, 15) is 0 Å². The van der Waals surface area contributed by atoms with E-state index in [-0.39, 0.29) is 20.6 Å². The van der Waals surface area contributed by atoms with Crippen LogP contribution in [0.2, 0.25) is 0 Å². The third-order valence-corrected chi connectivity index (χ3v) is 16.3. The summed E-state index contributed by atoms with van der Waals surface area (Å²) in [5, 5.41) is 6.82. The van der Waals surface area contributed by atoms with Crippen LogP contribution in [0.15, 0.2) is 0 Å². The summed E-state index contributed by atoms with van der Waals surface area (Å²) in [4.78, 5) is 0. The molecule has 13 unspecified atom stereocenters. The zero-order valence-electron chi connectivity index (χ0n) is 46.1. The van der Waals surface area contributed by atoms with Gasteiger partial charge < -0.3 is 34.3 Å². The minimum Gasteiger partial charge on any atom is -0.382 e. The molecule has 2 N–H and O–H groups in total. The lowest BCUT2D eigenvalue weighted by Crippen LogP contribution is -2.51. The first-order chi connectivity index (χ1) is 28.9. The summed E-state index contributed by atoms with van der Waals surface area (Å²) in [7, 11) is 13.2. The van der Waals surface area contributed by atoms with Crippen molar-refractivity contribution in [3.05, 3.63) is 0 Å². The van der Waals surface area contributed by atoms with Gasteiger partial charge in [0, 0.05) is 68.0 Å². The molecule has 63 heavy (non-hydrogen) atoms. The smallest absolute Gasteiger partial charge is 0.0619 e. The van der Waals surface area contributed by atoms with Gasteiger partial charge in [0.15, 0.2) is 0 Å². The molecule has 13 atom stereocenters. The lowest BCUT2D eigenvalue weighted by Gasteiger charge is -2.43. The maximum atomic E-state index is 5.62. The highest BCUT2D eigenvalue weighted by atomic mass is 32.1. The Balaban J connectivity index is 0.000000769. The van der Waals surface area contributed by atoms with Gasteiger partial charge in [-0.05, 0) is 147 Å². The van der Waals surface area contributed by atoms with Gasteiger partial charge in [0.25, 0.3) is 0 Å². The molecule has 0 aromatic carbocycles. The Morgan fingerprint density at radius 1 is 0.444 bits per heavy atom. The first kappa shape index (κ1) is 63.4. The number of ether oxygens (including phenoxy) is 5. The Labute approximate surface area is 405 Å². The molecule has 380 valence electrons. The van der Waals surface area contributed by atoms with Crippen molar-refractivity contribution in [2.24, 2.45) is 52.8 Å². The summed E-state index contributed by atoms with van der Waals surface area (Å²) in [6.45, 7) is 36.0. The van der Waals surface area contributed by atoms with E-state index >= 15 is 0 Å². The van der Waals surface area contributed by atoms with Gasteiger partial charge in [-0.3, -0.25) is 0 Å². The normalized spacial score (nSPS) is 32.5. The summed E-state index contributed by atoms with van der Waals surface area (Å²) in [6, 6.07) is 0. The van der Waals surface area contributed by atoms with Crippen LogP contribution in [0.25, 0.3) is 0 Å². The third-order valence-electron chi connectivity index (χ3n) is 15.7. The van der Waals surface area contributed by atoms with Crippen molar-refractivity contribution < 1.29 is 23.7 Å². The van der Waals surface area contributed by atoms with Crippen LogP contribution in [-0.4, -0.2) is 101 Å². The van der Waals surface area contributed by atoms with Crippen LogP contribution in [-0.2, 0) is 23.7 Å². The maximum Gasteiger partial charge on any atom is 0.0619 e. The Morgan fingerprint density at radius 2 is 0.683 bits per heavy atom. The molecule has 0 aliphatic heterocycles. The fraction of sp³-hybridized carbons (Fsp3) is 1.00. The number of hydrogen-bond acceptors (Lipinski definition) is 9. The molecule has 0 heterocycles. The molecule has 0 saturated heterocycles. The fourth-order valence-electron chi connectivity index (χ4n) is 10.9. The van der Waals surface area contributed by atoms with Crippen molar-refractivity contribution in [1.29, 1.82) is 0 Å². The second-order valence-electron chi connectivity index (χ2n) is 24.3. The van der Waals surface area contributed by atoms with E-state index in [1.807, 2.05) is 42.5 Å². The van der Waals surface area contributed by atoms with Crippen molar-refractivity contribution in [1.82, 2.24) is 10.6 Å². The van der Waals surface area contributed by atoms with Gasteiger partial charge >= 0.3 is 0 Å². The standard InChI is InChI=1S/2C12H25NO.2C11H22OS.C8H18O/c2*1-9-6-7-10(11(8-9)14-5)12(2,3)13-4;2*1-8-5-6-9(11(2,3)13)10(7-8)12-4;1-7(9-5)6-8(2,3)4/h2*9-11,13H,6-8H2,1-5H3;2*8-10,13H,5-7H2,1-4H3;7H,6H2,1-5H3. The largest absolute Gasteiger partial charge is 0.382 e. The number of rotatable bonds is 12. The molecule has 7 nitrogen and oxygen atoms in total. The van der Waals surface area contributed by atoms with Gasteiger partial charge in [0.1, 0.15) is 0 Å². The number of methoxy groups -OCH3 is 5. The lowest BCUT2D eigenvalue weighted by molar-refractivity contribution is -0.0239. The second kappa shape index (κ2) is 29.4. The Morgan fingerprint density at radius 3 is 0.857 bits per heavy atom. The molecule has 9 heteroatoms. The van der Waals surface area contributed by atoms with Crippen LogP contribution in [0.3, 0.4) is 0 Å². The highest BCUT2D eigenvalue weighted by molar-refractivity contribution is 7.82. The van der Waals surface area contributed by atoms with Crippen molar-refractivity contribution in [3.63, 3.8) is 0 Å². The maximum absolute atomic E-state index is 5.62.